The number of non-ortho nitro benzene ring substituents is 1. The monoisotopic (exact) mass is 466 g/mol. The molecule has 3 aromatic rings. The summed E-state index contributed by atoms with van der Waals surface area (Å²) in [7, 11) is -2.29. The fraction of sp³-hybridized carbons (Fsp3) is 0.130. The van der Waals surface area contributed by atoms with Crippen molar-refractivity contribution in [3.63, 3.8) is 0 Å². The molecule has 0 aliphatic carbocycles. The second-order valence-corrected chi connectivity index (χ2v) is 9.24. The van der Waals surface area contributed by atoms with E-state index in [1.807, 2.05) is 6.92 Å². The van der Waals surface area contributed by atoms with Crippen molar-refractivity contribution in [1.82, 2.24) is 5.43 Å². The lowest BCUT2D eigenvalue weighted by Crippen LogP contribution is -2.26. The zero-order valence-corrected chi connectivity index (χ0v) is 19.0. The van der Waals surface area contributed by atoms with E-state index in [2.05, 4.69) is 10.5 Å². The highest BCUT2D eigenvalue weighted by Gasteiger charge is 2.21. The Morgan fingerprint density at radius 1 is 0.939 bits per heavy atom. The van der Waals surface area contributed by atoms with Crippen molar-refractivity contribution in [3.8, 4) is 0 Å². The molecular formula is C23H22N4O5S. The second kappa shape index (κ2) is 9.61. The maximum atomic E-state index is 12.8. The third-order valence-electron chi connectivity index (χ3n) is 4.99. The first-order valence-electron chi connectivity index (χ1n) is 9.85. The molecule has 0 spiro atoms. The summed E-state index contributed by atoms with van der Waals surface area (Å²) in [5.41, 5.74) is 5.14. The van der Waals surface area contributed by atoms with Crippen LogP contribution >= 0.6 is 0 Å². The van der Waals surface area contributed by atoms with Crippen LogP contribution in [0.3, 0.4) is 0 Å². The van der Waals surface area contributed by atoms with Crippen LogP contribution in [-0.4, -0.2) is 32.0 Å². The van der Waals surface area contributed by atoms with E-state index in [-0.39, 0.29) is 10.6 Å². The number of nitro groups is 1. The summed E-state index contributed by atoms with van der Waals surface area (Å²) in [5, 5.41) is 14.8. The molecule has 0 atom stereocenters. The van der Waals surface area contributed by atoms with E-state index in [0.717, 1.165) is 9.87 Å². The molecule has 0 bridgehead atoms. The van der Waals surface area contributed by atoms with Crippen molar-refractivity contribution >= 4 is 33.0 Å². The molecule has 33 heavy (non-hydrogen) atoms. The number of carbonyl (C=O) groups is 1. The Bertz CT molecular complexity index is 1300. The molecule has 0 radical (unpaired) electrons. The number of anilines is 1. The van der Waals surface area contributed by atoms with Gasteiger partial charge in [-0.15, -0.1) is 0 Å². The Labute approximate surface area is 191 Å². The number of sulfonamides is 1. The number of hydrazone groups is 1. The minimum Gasteiger partial charge on any atom is -0.269 e. The van der Waals surface area contributed by atoms with E-state index in [4.69, 9.17) is 0 Å². The quantitative estimate of drug-likeness (QED) is 0.322. The smallest absolute Gasteiger partial charge is 0.269 e. The van der Waals surface area contributed by atoms with Crippen LogP contribution in [0.4, 0.5) is 11.4 Å². The number of hydrogen-bond donors (Lipinski definition) is 1. The SMILES string of the molecule is C/C(=N/NC(=O)c1ccc(N(C)S(=O)(=O)c2ccc(C)cc2)cc1)c1ccc([N+](=O)[O-])cc1. The maximum Gasteiger partial charge on any atom is 0.271 e. The van der Waals surface area contributed by atoms with Gasteiger partial charge in [-0.25, -0.2) is 13.8 Å². The van der Waals surface area contributed by atoms with Crippen LogP contribution in [0.2, 0.25) is 0 Å². The summed E-state index contributed by atoms with van der Waals surface area (Å²) in [6.45, 7) is 3.54. The Balaban J connectivity index is 1.70. The molecular weight excluding hydrogens is 444 g/mol. The maximum absolute atomic E-state index is 12.8. The van der Waals surface area contributed by atoms with E-state index >= 15 is 0 Å². The predicted octanol–water partition coefficient (Wildman–Crippen LogP) is 3.88. The normalized spacial score (nSPS) is 11.7. The number of benzene rings is 3. The minimum absolute atomic E-state index is 0.0370. The predicted molar refractivity (Wildman–Crippen MR) is 126 cm³/mol. The lowest BCUT2D eigenvalue weighted by atomic mass is 10.1. The average molecular weight is 467 g/mol. The van der Waals surface area contributed by atoms with E-state index in [1.165, 1.54) is 43.4 Å². The minimum atomic E-state index is -3.73. The van der Waals surface area contributed by atoms with E-state index < -0.39 is 20.9 Å². The van der Waals surface area contributed by atoms with Gasteiger partial charge in [0.25, 0.3) is 21.6 Å². The van der Waals surface area contributed by atoms with Crippen molar-refractivity contribution in [2.24, 2.45) is 5.10 Å². The summed E-state index contributed by atoms with van der Waals surface area (Å²) >= 11 is 0. The molecule has 3 aromatic carbocycles. The van der Waals surface area contributed by atoms with Gasteiger partial charge in [-0.3, -0.25) is 19.2 Å². The van der Waals surface area contributed by atoms with Gasteiger partial charge in [0.2, 0.25) is 0 Å². The molecule has 0 unspecified atom stereocenters. The summed E-state index contributed by atoms with van der Waals surface area (Å²) in [5.74, 6) is -0.480. The summed E-state index contributed by atoms with van der Waals surface area (Å²) in [6.07, 6.45) is 0. The van der Waals surface area contributed by atoms with Crippen LogP contribution in [0.25, 0.3) is 0 Å². The molecule has 0 heterocycles. The number of nitro benzene ring substituents is 1. The molecule has 170 valence electrons. The van der Waals surface area contributed by atoms with Crippen LogP contribution in [-0.2, 0) is 10.0 Å². The molecule has 0 saturated heterocycles. The van der Waals surface area contributed by atoms with Gasteiger partial charge in [0.1, 0.15) is 0 Å². The van der Waals surface area contributed by atoms with Crippen LogP contribution in [0.1, 0.15) is 28.4 Å². The third kappa shape index (κ3) is 5.42. The van der Waals surface area contributed by atoms with Gasteiger partial charge >= 0.3 is 0 Å². The van der Waals surface area contributed by atoms with Crippen molar-refractivity contribution < 1.29 is 18.1 Å². The van der Waals surface area contributed by atoms with Crippen LogP contribution in [0.5, 0.6) is 0 Å². The van der Waals surface area contributed by atoms with Crippen LogP contribution in [0.15, 0.2) is 82.8 Å². The highest BCUT2D eigenvalue weighted by molar-refractivity contribution is 7.92. The van der Waals surface area contributed by atoms with Crippen molar-refractivity contribution in [1.29, 1.82) is 0 Å². The Morgan fingerprint density at radius 3 is 2.03 bits per heavy atom. The third-order valence-corrected chi connectivity index (χ3v) is 6.79. The van der Waals surface area contributed by atoms with Gasteiger partial charge < -0.3 is 0 Å². The first-order valence-corrected chi connectivity index (χ1v) is 11.3. The molecule has 0 aliphatic rings. The van der Waals surface area contributed by atoms with Crippen LogP contribution in [0, 0.1) is 17.0 Å². The van der Waals surface area contributed by atoms with Gasteiger partial charge in [-0.2, -0.15) is 5.10 Å². The number of nitrogens with one attached hydrogen (secondary N) is 1. The van der Waals surface area contributed by atoms with E-state index in [1.54, 1.807) is 43.3 Å². The Hall–Kier alpha value is -4.05. The van der Waals surface area contributed by atoms with Gasteiger partial charge in [0.15, 0.2) is 0 Å². The molecule has 3 rings (SSSR count). The fourth-order valence-electron chi connectivity index (χ4n) is 2.92. The number of amides is 1. The average Bonchev–Trinajstić information content (AvgIpc) is 2.82. The van der Waals surface area contributed by atoms with E-state index in [0.29, 0.717) is 22.5 Å². The second-order valence-electron chi connectivity index (χ2n) is 7.27. The molecule has 1 amide bonds. The zero-order chi connectivity index (χ0) is 24.2. The lowest BCUT2D eigenvalue weighted by molar-refractivity contribution is -0.384. The Kier molecular flexibility index (Phi) is 6.88. The lowest BCUT2D eigenvalue weighted by Gasteiger charge is -2.19. The number of nitrogens with zero attached hydrogens (tertiary/aromatic N) is 3. The fourth-order valence-corrected chi connectivity index (χ4v) is 4.11. The van der Waals surface area contributed by atoms with Crippen molar-refractivity contribution in [2.45, 2.75) is 18.7 Å². The largest absolute Gasteiger partial charge is 0.271 e. The Morgan fingerprint density at radius 2 is 1.48 bits per heavy atom. The van der Waals surface area contributed by atoms with Gasteiger partial charge in [-0.05, 0) is 67.9 Å². The van der Waals surface area contributed by atoms with Gasteiger partial charge in [-0.1, -0.05) is 17.7 Å². The summed E-state index contributed by atoms with van der Waals surface area (Å²) in [6, 6.07) is 18.4. The van der Waals surface area contributed by atoms with Gasteiger partial charge in [0.05, 0.1) is 21.2 Å². The summed E-state index contributed by atoms with van der Waals surface area (Å²) < 4.78 is 26.8. The number of hydrogen-bond acceptors (Lipinski definition) is 6. The molecule has 0 aromatic heterocycles. The van der Waals surface area contributed by atoms with Crippen LogP contribution < -0.4 is 9.73 Å². The molecule has 10 heteroatoms. The number of carbonyl (C=O) groups excluding carboxylic acids is 1. The molecule has 1 N–H and O–H groups in total. The molecule has 0 aliphatic heterocycles. The standard InChI is InChI=1S/C23H22N4O5S/c1-16-4-14-22(15-5-16)33(31,32)26(3)20-10-8-19(9-11-20)23(28)25-24-17(2)18-6-12-21(13-7-18)27(29)30/h4-15H,1-3H3,(H,25,28)/b24-17-. The van der Waals surface area contributed by atoms with E-state index in [9.17, 15) is 23.3 Å². The highest BCUT2D eigenvalue weighted by Crippen LogP contribution is 2.22. The summed E-state index contributed by atoms with van der Waals surface area (Å²) in [4.78, 5) is 22.8. The first kappa shape index (κ1) is 23.6. The molecule has 0 fully saturated rings. The van der Waals surface area contributed by atoms with Crippen molar-refractivity contribution in [3.05, 3.63) is 99.6 Å². The molecule has 9 nitrogen and oxygen atoms in total. The number of aryl methyl sites for hydroxylation is 1. The highest BCUT2D eigenvalue weighted by atomic mass is 32.2. The van der Waals surface area contributed by atoms with Crippen molar-refractivity contribution in [2.75, 3.05) is 11.4 Å². The topological polar surface area (TPSA) is 122 Å². The zero-order valence-electron chi connectivity index (χ0n) is 18.2. The molecule has 0 saturated carbocycles. The first-order chi connectivity index (χ1) is 15.6. The van der Waals surface area contributed by atoms with Gasteiger partial charge in [0, 0.05) is 24.7 Å². The number of rotatable bonds is 7.